The molecule has 1 aromatic carbocycles. The average molecular weight is 396 g/mol. The SMILES string of the molecule is CCCCCCC(CCCn1c(CCC)nc2c(N)nc3ccccc3c21)=NO. The zero-order valence-electron chi connectivity index (χ0n) is 17.7. The number of nitrogens with two attached hydrogens (primary N) is 1. The standard InChI is InChI=1S/C23H33N5O/c1-3-5-6-7-12-17(27-29)13-10-16-28-20(11-4-2)26-21-22(28)18-14-8-9-15-19(18)25-23(21)24/h8-9,14-15,29H,3-7,10-13,16H2,1-2H3,(H2,24,25). The molecule has 6 nitrogen and oxygen atoms in total. The molecular weight excluding hydrogens is 362 g/mol. The third kappa shape index (κ3) is 4.86. The van der Waals surface area contributed by atoms with Crippen LogP contribution in [0, 0.1) is 0 Å². The summed E-state index contributed by atoms with van der Waals surface area (Å²) in [7, 11) is 0. The molecule has 3 aromatic rings. The summed E-state index contributed by atoms with van der Waals surface area (Å²) in [6.45, 7) is 5.19. The van der Waals surface area contributed by atoms with Crippen molar-refractivity contribution in [3.05, 3.63) is 30.1 Å². The molecule has 3 N–H and O–H groups in total. The van der Waals surface area contributed by atoms with E-state index in [-0.39, 0.29) is 0 Å². The highest BCUT2D eigenvalue weighted by Gasteiger charge is 2.16. The molecule has 2 heterocycles. The van der Waals surface area contributed by atoms with Gasteiger partial charge in [0.2, 0.25) is 0 Å². The number of imidazole rings is 1. The van der Waals surface area contributed by atoms with Gasteiger partial charge in [-0.25, -0.2) is 9.97 Å². The second kappa shape index (κ2) is 10.2. The predicted octanol–water partition coefficient (Wildman–Crippen LogP) is 5.70. The zero-order chi connectivity index (χ0) is 20.6. The predicted molar refractivity (Wildman–Crippen MR) is 121 cm³/mol. The molecule has 0 saturated carbocycles. The molecule has 29 heavy (non-hydrogen) atoms. The smallest absolute Gasteiger partial charge is 0.152 e. The van der Waals surface area contributed by atoms with Crippen LogP contribution in [0.3, 0.4) is 0 Å². The maximum Gasteiger partial charge on any atom is 0.152 e. The third-order valence-corrected chi connectivity index (χ3v) is 5.47. The van der Waals surface area contributed by atoms with Crippen molar-refractivity contribution >= 4 is 33.5 Å². The minimum atomic E-state index is 0.489. The number of nitrogens with zero attached hydrogens (tertiary/aromatic N) is 4. The van der Waals surface area contributed by atoms with Gasteiger partial charge in [0, 0.05) is 18.4 Å². The Morgan fingerprint density at radius 1 is 1.03 bits per heavy atom. The first-order valence-corrected chi connectivity index (χ1v) is 10.9. The van der Waals surface area contributed by atoms with Gasteiger partial charge in [0.15, 0.2) is 5.82 Å². The van der Waals surface area contributed by atoms with Crippen LogP contribution in [0.4, 0.5) is 5.82 Å². The molecule has 0 radical (unpaired) electrons. The van der Waals surface area contributed by atoms with Crippen molar-refractivity contribution in [1.29, 1.82) is 0 Å². The van der Waals surface area contributed by atoms with Crippen molar-refractivity contribution in [2.24, 2.45) is 5.16 Å². The first kappa shape index (κ1) is 21.1. The normalized spacial score (nSPS) is 12.3. The lowest BCUT2D eigenvalue weighted by Gasteiger charge is -2.11. The molecular formula is C23H33N5O. The number of oxime groups is 1. The maximum atomic E-state index is 9.37. The second-order valence-electron chi connectivity index (χ2n) is 7.72. The van der Waals surface area contributed by atoms with Gasteiger partial charge in [-0.3, -0.25) is 0 Å². The Balaban J connectivity index is 1.83. The van der Waals surface area contributed by atoms with Gasteiger partial charge < -0.3 is 15.5 Å². The van der Waals surface area contributed by atoms with E-state index in [1.165, 1.54) is 19.3 Å². The summed E-state index contributed by atoms with van der Waals surface area (Å²) in [6, 6.07) is 8.10. The summed E-state index contributed by atoms with van der Waals surface area (Å²) >= 11 is 0. The molecule has 0 fully saturated rings. The van der Waals surface area contributed by atoms with Crippen LogP contribution in [-0.4, -0.2) is 25.5 Å². The Kier molecular flexibility index (Phi) is 7.44. The van der Waals surface area contributed by atoms with Crippen LogP contribution in [0.2, 0.25) is 0 Å². The van der Waals surface area contributed by atoms with Crippen molar-refractivity contribution in [2.45, 2.75) is 78.2 Å². The fraction of sp³-hybridized carbons (Fsp3) is 0.522. The number of para-hydroxylation sites is 1. The number of anilines is 1. The molecule has 0 unspecified atom stereocenters. The van der Waals surface area contributed by atoms with Gasteiger partial charge in [0.25, 0.3) is 0 Å². The minimum Gasteiger partial charge on any atom is -0.411 e. The lowest BCUT2D eigenvalue weighted by atomic mass is 10.1. The van der Waals surface area contributed by atoms with Crippen LogP contribution in [0.1, 0.15) is 71.0 Å². The summed E-state index contributed by atoms with van der Waals surface area (Å²) in [5.41, 5.74) is 9.90. The Morgan fingerprint density at radius 3 is 2.59 bits per heavy atom. The van der Waals surface area contributed by atoms with Crippen molar-refractivity contribution < 1.29 is 5.21 Å². The first-order valence-electron chi connectivity index (χ1n) is 10.9. The van der Waals surface area contributed by atoms with Gasteiger partial charge in [-0.2, -0.15) is 0 Å². The van der Waals surface area contributed by atoms with Crippen molar-refractivity contribution in [1.82, 2.24) is 14.5 Å². The van der Waals surface area contributed by atoms with E-state index < -0.39 is 0 Å². The number of aromatic nitrogens is 3. The van der Waals surface area contributed by atoms with E-state index in [0.29, 0.717) is 5.82 Å². The van der Waals surface area contributed by atoms with Crippen LogP contribution in [0.25, 0.3) is 21.9 Å². The topological polar surface area (TPSA) is 89.3 Å². The third-order valence-electron chi connectivity index (χ3n) is 5.47. The summed E-state index contributed by atoms with van der Waals surface area (Å²) in [5.74, 6) is 1.54. The highest BCUT2D eigenvalue weighted by molar-refractivity contribution is 6.06. The molecule has 6 heteroatoms. The summed E-state index contributed by atoms with van der Waals surface area (Å²) in [5, 5.41) is 14.0. The molecule has 0 aliphatic rings. The van der Waals surface area contributed by atoms with Crippen LogP contribution < -0.4 is 5.73 Å². The molecule has 0 atom stereocenters. The van der Waals surface area contributed by atoms with Crippen molar-refractivity contribution in [3.8, 4) is 0 Å². The van der Waals surface area contributed by atoms with E-state index in [9.17, 15) is 5.21 Å². The summed E-state index contributed by atoms with van der Waals surface area (Å²) in [4.78, 5) is 9.37. The van der Waals surface area contributed by atoms with E-state index in [2.05, 4.69) is 34.6 Å². The maximum absolute atomic E-state index is 9.37. The number of unbranched alkanes of at least 4 members (excludes halogenated alkanes) is 3. The molecule has 2 aromatic heterocycles. The van der Waals surface area contributed by atoms with Gasteiger partial charge in [-0.15, -0.1) is 0 Å². The van der Waals surface area contributed by atoms with E-state index in [1.54, 1.807) is 0 Å². The number of hydrogen-bond donors (Lipinski definition) is 2. The average Bonchev–Trinajstić information content (AvgIpc) is 3.09. The van der Waals surface area contributed by atoms with E-state index in [0.717, 1.165) is 78.5 Å². The molecule has 0 bridgehead atoms. The number of hydrogen-bond acceptors (Lipinski definition) is 5. The highest BCUT2D eigenvalue weighted by atomic mass is 16.4. The number of benzene rings is 1. The lowest BCUT2D eigenvalue weighted by Crippen LogP contribution is -2.07. The molecule has 3 rings (SSSR count). The largest absolute Gasteiger partial charge is 0.411 e. The number of nitrogen functional groups attached to an aromatic ring is 1. The van der Waals surface area contributed by atoms with Crippen LogP contribution >= 0.6 is 0 Å². The van der Waals surface area contributed by atoms with Gasteiger partial charge in [-0.1, -0.05) is 56.5 Å². The number of rotatable bonds is 11. The molecule has 0 spiro atoms. The minimum absolute atomic E-state index is 0.489. The first-order chi connectivity index (χ1) is 14.2. The fourth-order valence-corrected chi connectivity index (χ4v) is 3.98. The summed E-state index contributed by atoms with van der Waals surface area (Å²) < 4.78 is 2.30. The van der Waals surface area contributed by atoms with Gasteiger partial charge >= 0.3 is 0 Å². The molecule has 0 aliphatic carbocycles. The fourth-order valence-electron chi connectivity index (χ4n) is 3.98. The Labute approximate surface area is 172 Å². The van der Waals surface area contributed by atoms with Crippen LogP contribution in [-0.2, 0) is 13.0 Å². The highest BCUT2D eigenvalue weighted by Crippen LogP contribution is 2.29. The Hall–Kier alpha value is -2.63. The second-order valence-corrected chi connectivity index (χ2v) is 7.72. The van der Waals surface area contributed by atoms with Crippen LogP contribution in [0.15, 0.2) is 29.4 Å². The van der Waals surface area contributed by atoms with Gasteiger partial charge in [0.05, 0.1) is 16.7 Å². The van der Waals surface area contributed by atoms with Crippen LogP contribution in [0.5, 0.6) is 0 Å². The monoisotopic (exact) mass is 395 g/mol. The van der Waals surface area contributed by atoms with Crippen molar-refractivity contribution in [2.75, 3.05) is 5.73 Å². The van der Waals surface area contributed by atoms with Crippen molar-refractivity contribution in [3.63, 3.8) is 0 Å². The van der Waals surface area contributed by atoms with E-state index >= 15 is 0 Å². The Bertz CT molecular complexity index is 976. The van der Waals surface area contributed by atoms with Gasteiger partial charge in [0.1, 0.15) is 11.3 Å². The van der Waals surface area contributed by atoms with E-state index in [1.807, 2.05) is 18.2 Å². The molecule has 156 valence electrons. The molecule has 0 saturated heterocycles. The van der Waals surface area contributed by atoms with Gasteiger partial charge in [-0.05, 0) is 38.2 Å². The number of pyridine rings is 1. The molecule has 0 amide bonds. The number of aryl methyl sites for hydroxylation is 2. The lowest BCUT2D eigenvalue weighted by molar-refractivity contribution is 0.315. The number of fused-ring (bicyclic) bond motifs is 3. The molecule has 0 aliphatic heterocycles. The zero-order valence-corrected chi connectivity index (χ0v) is 17.7. The summed E-state index contributed by atoms with van der Waals surface area (Å²) in [6.07, 6.45) is 9.25. The Morgan fingerprint density at radius 2 is 1.83 bits per heavy atom. The quantitative estimate of drug-likeness (QED) is 0.189. The van der Waals surface area contributed by atoms with E-state index in [4.69, 9.17) is 10.7 Å².